The zero-order valence-electron chi connectivity index (χ0n) is 8.18. The molecular weight excluding hydrogens is 190 g/mol. The number of aromatic amines is 1. The lowest BCUT2D eigenvalue weighted by Crippen LogP contribution is -1.95. The first-order chi connectivity index (χ1) is 7.40. The van der Waals surface area contributed by atoms with Crippen LogP contribution in [0.1, 0.15) is 21.6 Å². The number of nitrogens with one attached hydrogen (secondary N) is 1. The number of hydrogen-bond acceptors (Lipinski definition) is 3. The summed E-state index contributed by atoms with van der Waals surface area (Å²) in [4.78, 5) is 14.7. The molecule has 0 atom stereocenters. The molecule has 0 aliphatic carbocycles. The van der Waals surface area contributed by atoms with E-state index < -0.39 is 0 Å². The first kappa shape index (κ1) is 9.58. The van der Waals surface area contributed by atoms with Gasteiger partial charge in [-0.05, 0) is 24.5 Å². The van der Waals surface area contributed by atoms with Crippen molar-refractivity contribution in [3.8, 4) is 0 Å². The van der Waals surface area contributed by atoms with Gasteiger partial charge in [-0.1, -0.05) is 6.07 Å². The lowest BCUT2D eigenvalue weighted by Gasteiger charge is -1.99. The van der Waals surface area contributed by atoms with Crippen LogP contribution in [0.3, 0.4) is 0 Å². The molecule has 76 valence electrons. The summed E-state index contributed by atoms with van der Waals surface area (Å²) in [7, 11) is 0. The summed E-state index contributed by atoms with van der Waals surface area (Å²) in [5.74, 6) is 0. The van der Waals surface area contributed by atoms with Gasteiger partial charge in [0.2, 0.25) is 0 Å². The molecule has 0 spiro atoms. The maximum Gasteiger partial charge on any atom is 0.153 e. The number of carbonyl (C=O) groups is 1. The molecule has 0 saturated heterocycles. The van der Waals surface area contributed by atoms with Gasteiger partial charge in [0.15, 0.2) is 6.29 Å². The fourth-order valence-corrected chi connectivity index (χ4v) is 1.44. The first-order valence-electron chi connectivity index (χ1n) is 4.76. The van der Waals surface area contributed by atoms with Crippen molar-refractivity contribution in [2.24, 2.45) is 0 Å². The number of aromatic nitrogens is 3. The quantitative estimate of drug-likeness (QED) is 0.761. The maximum atomic E-state index is 10.6. The Kier molecular flexibility index (Phi) is 2.88. The van der Waals surface area contributed by atoms with Crippen molar-refractivity contribution in [3.63, 3.8) is 0 Å². The minimum Gasteiger partial charge on any atom is -0.298 e. The van der Waals surface area contributed by atoms with Crippen molar-refractivity contribution < 1.29 is 4.79 Å². The molecule has 0 unspecified atom stereocenters. The van der Waals surface area contributed by atoms with E-state index >= 15 is 0 Å². The molecule has 0 aromatic carbocycles. The molecule has 0 saturated carbocycles. The van der Waals surface area contributed by atoms with Crippen LogP contribution in [-0.4, -0.2) is 21.5 Å². The van der Waals surface area contributed by atoms with Crippen molar-refractivity contribution in [2.75, 3.05) is 0 Å². The molecular formula is C11H11N3O. The van der Waals surface area contributed by atoms with Crippen molar-refractivity contribution >= 4 is 6.29 Å². The van der Waals surface area contributed by atoms with E-state index in [1.165, 1.54) is 0 Å². The third kappa shape index (κ3) is 2.28. The highest BCUT2D eigenvalue weighted by atomic mass is 16.1. The molecule has 2 aromatic rings. The highest BCUT2D eigenvalue weighted by Crippen LogP contribution is 2.06. The molecule has 0 bridgehead atoms. The van der Waals surface area contributed by atoms with Gasteiger partial charge < -0.3 is 0 Å². The van der Waals surface area contributed by atoms with E-state index in [9.17, 15) is 4.79 Å². The van der Waals surface area contributed by atoms with Crippen LogP contribution >= 0.6 is 0 Å². The van der Waals surface area contributed by atoms with Crippen LogP contribution in [0.25, 0.3) is 0 Å². The molecule has 2 aromatic heterocycles. The molecule has 2 rings (SSSR count). The molecule has 2 heterocycles. The minimum absolute atomic E-state index is 0.638. The van der Waals surface area contributed by atoms with Crippen LogP contribution in [-0.2, 0) is 12.8 Å². The Morgan fingerprint density at radius 3 is 3.00 bits per heavy atom. The molecule has 0 aliphatic rings. The van der Waals surface area contributed by atoms with Crippen molar-refractivity contribution in [3.05, 3.63) is 47.5 Å². The van der Waals surface area contributed by atoms with Crippen LogP contribution in [0.15, 0.2) is 30.7 Å². The predicted octanol–water partition coefficient (Wildman–Crippen LogP) is 1.40. The summed E-state index contributed by atoms with van der Waals surface area (Å²) in [6.45, 7) is 0. The Bertz CT molecular complexity index is 436. The number of carbonyl (C=O) groups excluding carboxylic acids is 1. The van der Waals surface area contributed by atoms with Gasteiger partial charge in [0.1, 0.15) is 0 Å². The van der Waals surface area contributed by atoms with E-state index in [0.29, 0.717) is 5.56 Å². The SMILES string of the molecule is O=Cc1cn[nH]c1CCc1cccnc1. The molecule has 0 amide bonds. The molecule has 0 radical (unpaired) electrons. The Labute approximate surface area is 87.4 Å². The third-order valence-electron chi connectivity index (χ3n) is 2.27. The van der Waals surface area contributed by atoms with Crippen molar-refractivity contribution in [2.45, 2.75) is 12.8 Å². The van der Waals surface area contributed by atoms with Crippen molar-refractivity contribution in [1.82, 2.24) is 15.2 Å². The minimum atomic E-state index is 0.638. The third-order valence-corrected chi connectivity index (χ3v) is 2.27. The van der Waals surface area contributed by atoms with Gasteiger partial charge in [-0.15, -0.1) is 0 Å². The van der Waals surface area contributed by atoms with Crippen LogP contribution in [0.2, 0.25) is 0 Å². The summed E-state index contributed by atoms with van der Waals surface area (Å²) in [6.07, 6.45) is 7.58. The van der Waals surface area contributed by atoms with E-state index in [0.717, 1.165) is 30.4 Å². The summed E-state index contributed by atoms with van der Waals surface area (Å²) in [5.41, 5.74) is 2.68. The van der Waals surface area contributed by atoms with Crippen LogP contribution in [0, 0.1) is 0 Å². The first-order valence-corrected chi connectivity index (χ1v) is 4.76. The number of pyridine rings is 1. The Balaban J connectivity index is 2.02. The van der Waals surface area contributed by atoms with Gasteiger partial charge in [0.05, 0.1) is 11.8 Å². The second-order valence-electron chi connectivity index (χ2n) is 3.28. The molecule has 0 aliphatic heterocycles. The van der Waals surface area contributed by atoms with E-state index in [1.807, 2.05) is 18.3 Å². The summed E-state index contributed by atoms with van der Waals surface area (Å²) in [6, 6.07) is 3.92. The lowest BCUT2D eigenvalue weighted by molar-refractivity contribution is 0.112. The predicted molar refractivity (Wildman–Crippen MR) is 55.6 cm³/mol. The second-order valence-corrected chi connectivity index (χ2v) is 3.28. The van der Waals surface area contributed by atoms with Gasteiger partial charge in [0.25, 0.3) is 0 Å². The van der Waals surface area contributed by atoms with E-state index in [2.05, 4.69) is 15.2 Å². The highest BCUT2D eigenvalue weighted by Gasteiger charge is 2.03. The number of rotatable bonds is 4. The van der Waals surface area contributed by atoms with Crippen LogP contribution in [0.4, 0.5) is 0 Å². The summed E-state index contributed by atoms with van der Waals surface area (Å²) < 4.78 is 0. The van der Waals surface area contributed by atoms with Gasteiger partial charge in [-0.3, -0.25) is 14.9 Å². The lowest BCUT2D eigenvalue weighted by atomic mass is 10.1. The fraction of sp³-hybridized carbons (Fsp3) is 0.182. The van der Waals surface area contributed by atoms with Gasteiger partial charge in [-0.2, -0.15) is 5.10 Å². The molecule has 0 fully saturated rings. The van der Waals surface area contributed by atoms with Crippen molar-refractivity contribution in [1.29, 1.82) is 0 Å². The monoisotopic (exact) mass is 201 g/mol. The molecule has 15 heavy (non-hydrogen) atoms. The number of aryl methyl sites for hydroxylation is 2. The smallest absolute Gasteiger partial charge is 0.153 e. The normalized spacial score (nSPS) is 10.1. The Morgan fingerprint density at radius 1 is 1.33 bits per heavy atom. The van der Waals surface area contributed by atoms with Crippen LogP contribution in [0.5, 0.6) is 0 Å². The standard InChI is InChI=1S/C11H11N3O/c15-8-10-7-13-14-11(10)4-3-9-2-1-5-12-6-9/h1-2,5-8H,3-4H2,(H,13,14). The fourth-order valence-electron chi connectivity index (χ4n) is 1.44. The Morgan fingerprint density at radius 2 is 2.27 bits per heavy atom. The second kappa shape index (κ2) is 4.50. The van der Waals surface area contributed by atoms with Gasteiger partial charge in [0, 0.05) is 18.1 Å². The van der Waals surface area contributed by atoms with Gasteiger partial charge >= 0.3 is 0 Å². The maximum absolute atomic E-state index is 10.6. The number of nitrogens with zero attached hydrogens (tertiary/aromatic N) is 2. The zero-order valence-corrected chi connectivity index (χ0v) is 8.18. The van der Waals surface area contributed by atoms with E-state index in [4.69, 9.17) is 0 Å². The average molecular weight is 201 g/mol. The molecule has 4 nitrogen and oxygen atoms in total. The number of hydrogen-bond donors (Lipinski definition) is 1. The molecule has 4 heteroatoms. The summed E-state index contributed by atoms with van der Waals surface area (Å²) in [5, 5.41) is 6.66. The average Bonchev–Trinajstić information content (AvgIpc) is 2.75. The Hall–Kier alpha value is -1.97. The molecule has 1 N–H and O–H groups in total. The number of aldehydes is 1. The zero-order chi connectivity index (χ0) is 10.5. The topological polar surface area (TPSA) is 58.6 Å². The highest BCUT2D eigenvalue weighted by molar-refractivity contribution is 5.75. The van der Waals surface area contributed by atoms with Crippen LogP contribution < -0.4 is 0 Å². The number of H-pyrrole nitrogens is 1. The van der Waals surface area contributed by atoms with E-state index in [-0.39, 0.29) is 0 Å². The summed E-state index contributed by atoms with van der Waals surface area (Å²) >= 11 is 0. The van der Waals surface area contributed by atoms with Gasteiger partial charge in [-0.25, -0.2) is 0 Å². The largest absolute Gasteiger partial charge is 0.298 e. The van der Waals surface area contributed by atoms with E-state index in [1.54, 1.807) is 12.4 Å².